The Balaban J connectivity index is 4.61. The molecule has 1 N–H and O–H groups in total. The van der Waals surface area contributed by atoms with E-state index in [4.69, 9.17) is 0 Å². The lowest BCUT2D eigenvalue weighted by molar-refractivity contribution is 0.135. The summed E-state index contributed by atoms with van der Waals surface area (Å²) in [6.07, 6.45) is 5.06. The van der Waals surface area contributed by atoms with Crippen molar-refractivity contribution in [2.24, 2.45) is 5.41 Å². The molecule has 2 atom stereocenters. The molecule has 0 saturated heterocycles. The van der Waals surface area contributed by atoms with E-state index in [0.29, 0.717) is 17.5 Å². The third-order valence-corrected chi connectivity index (χ3v) is 4.12. The maximum Gasteiger partial charge on any atom is 0.0243 e. The lowest BCUT2D eigenvalue weighted by atomic mass is 9.86. The van der Waals surface area contributed by atoms with Crippen molar-refractivity contribution < 1.29 is 0 Å². The molecule has 0 aliphatic carbocycles. The van der Waals surface area contributed by atoms with Crippen LogP contribution in [-0.4, -0.2) is 36.6 Å². The van der Waals surface area contributed by atoms with Crippen molar-refractivity contribution in [2.75, 3.05) is 19.6 Å². The van der Waals surface area contributed by atoms with Gasteiger partial charge in [0.2, 0.25) is 0 Å². The highest BCUT2D eigenvalue weighted by atomic mass is 15.2. The molecule has 0 saturated carbocycles. The Kier molecular flexibility index (Phi) is 9.72. The first-order chi connectivity index (χ1) is 8.86. The van der Waals surface area contributed by atoms with Crippen LogP contribution in [0.25, 0.3) is 0 Å². The van der Waals surface area contributed by atoms with Crippen LogP contribution in [0.3, 0.4) is 0 Å². The molecule has 0 amide bonds. The van der Waals surface area contributed by atoms with Gasteiger partial charge in [-0.15, -0.1) is 0 Å². The molecule has 0 spiro atoms. The number of hydrogen-bond acceptors (Lipinski definition) is 2. The molecular weight excluding hydrogens is 232 g/mol. The molecule has 0 aromatic heterocycles. The lowest BCUT2D eigenvalue weighted by Gasteiger charge is -2.38. The number of nitrogens with one attached hydrogen (secondary N) is 1. The first-order valence-electron chi connectivity index (χ1n) is 8.34. The van der Waals surface area contributed by atoms with E-state index < -0.39 is 0 Å². The molecule has 0 radical (unpaired) electrons. The average Bonchev–Trinajstić information content (AvgIpc) is 2.35. The predicted molar refractivity (Wildman–Crippen MR) is 87.8 cm³/mol. The first kappa shape index (κ1) is 18.9. The molecule has 0 aromatic carbocycles. The van der Waals surface area contributed by atoms with Gasteiger partial charge in [-0.3, -0.25) is 4.90 Å². The topological polar surface area (TPSA) is 15.3 Å². The number of unbranched alkanes of at least 4 members (excludes halogenated alkanes) is 1. The van der Waals surface area contributed by atoms with Gasteiger partial charge in [-0.1, -0.05) is 48.0 Å². The monoisotopic (exact) mass is 270 g/mol. The maximum atomic E-state index is 3.75. The van der Waals surface area contributed by atoms with E-state index in [1.54, 1.807) is 0 Å². The highest BCUT2D eigenvalue weighted by molar-refractivity contribution is 4.84. The van der Waals surface area contributed by atoms with E-state index in [0.717, 1.165) is 6.54 Å². The van der Waals surface area contributed by atoms with Crippen LogP contribution in [0.15, 0.2) is 0 Å². The SMILES string of the molecule is CCCCN(CC(NCCC)C(C)(C)C)C(C)CC. The highest BCUT2D eigenvalue weighted by Crippen LogP contribution is 2.21. The smallest absolute Gasteiger partial charge is 0.0243 e. The van der Waals surface area contributed by atoms with Gasteiger partial charge in [0.05, 0.1) is 0 Å². The van der Waals surface area contributed by atoms with Crippen molar-refractivity contribution in [3.05, 3.63) is 0 Å². The Labute approximate surface area is 122 Å². The highest BCUT2D eigenvalue weighted by Gasteiger charge is 2.27. The fraction of sp³-hybridized carbons (Fsp3) is 1.00. The van der Waals surface area contributed by atoms with Gasteiger partial charge in [0, 0.05) is 18.6 Å². The molecular formula is C17H38N2. The van der Waals surface area contributed by atoms with Crippen molar-refractivity contribution in [1.29, 1.82) is 0 Å². The summed E-state index contributed by atoms with van der Waals surface area (Å²) in [5.41, 5.74) is 0.326. The summed E-state index contributed by atoms with van der Waals surface area (Å²) < 4.78 is 0. The van der Waals surface area contributed by atoms with Gasteiger partial charge in [0.15, 0.2) is 0 Å². The summed E-state index contributed by atoms with van der Waals surface area (Å²) in [6, 6.07) is 1.28. The van der Waals surface area contributed by atoms with Crippen LogP contribution >= 0.6 is 0 Å². The molecule has 0 rings (SSSR count). The average molecular weight is 271 g/mol. The van der Waals surface area contributed by atoms with Crippen LogP contribution in [0, 0.1) is 5.41 Å². The molecule has 19 heavy (non-hydrogen) atoms. The zero-order valence-corrected chi connectivity index (χ0v) is 14.6. The van der Waals surface area contributed by atoms with Gasteiger partial charge in [-0.2, -0.15) is 0 Å². The molecule has 0 aromatic rings. The van der Waals surface area contributed by atoms with Crippen molar-refractivity contribution in [3.63, 3.8) is 0 Å². The largest absolute Gasteiger partial charge is 0.312 e. The van der Waals surface area contributed by atoms with Crippen molar-refractivity contribution >= 4 is 0 Å². The van der Waals surface area contributed by atoms with Crippen LogP contribution in [0.5, 0.6) is 0 Å². The second-order valence-electron chi connectivity index (χ2n) is 6.98. The van der Waals surface area contributed by atoms with Gasteiger partial charge >= 0.3 is 0 Å². The number of rotatable bonds is 10. The summed E-state index contributed by atoms with van der Waals surface area (Å²) in [5.74, 6) is 0. The van der Waals surface area contributed by atoms with Gasteiger partial charge < -0.3 is 5.32 Å². The number of hydrogen-bond donors (Lipinski definition) is 1. The Morgan fingerprint density at radius 3 is 2.11 bits per heavy atom. The molecule has 0 aliphatic heterocycles. The summed E-state index contributed by atoms with van der Waals surface area (Å²) in [4.78, 5) is 2.68. The lowest BCUT2D eigenvalue weighted by Crippen LogP contribution is -2.51. The van der Waals surface area contributed by atoms with Crippen molar-refractivity contribution in [3.8, 4) is 0 Å². The first-order valence-corrected chi connectivity index (χ1v) is 8.34. The second kappa shape index (κ2) is 9.77. The van der Waals surface area contributed by atoms with Crippen LogP contribution in [0.1, 0.15) is 74.1 Å². The standard InChI is InChI=1S/C17H38N2/c1-8-11-13-19(15(4)10-3)14-16(17(5,6)7)18-12-9-2/h15-16,18H,8-14H2,1-7H3. The van der Waals surface area contributed by atoms with E-state index in [-0.39, 0.29) is 0 Å². The van der Waals surface area contributed by atoms with E-state index >= 15 is 0 Å². The molecule has 116 valence electrons. The Morgan fingerprint density at radius 2 is 1.68 bits per heavy atom. The molecule has 2 heteroatoms. The van der Waals surface area contributed by atoms with Gasteiger partial charge in [-0.25, -0.2) is 0 Å². The van der Waals surface area contributed by atoms with Crippen molar-refractivity contribution in [1.82, 2.24) is 10.2 Å². The molecule has 2 unspecified atom stereocenters. The summed E-state index contributed by atoms with van der Waals surface area (Å²) >= 11 is 0. The zero-order chi connectivity index (χ0) is 14.9. The van der Waals surface area contributed by atoms with Gasteiger partial charge in [0.25, 0.3) is 0 Å². The Morgan fingerprint density at radius 1 is 1.05 bits per heavy atom. The maximum absolute atomic E-state index is 3.75. The normalized spacial score (nSPS) is 15.8. The molecule has 2 nitrogen and oxygen atoms in total. The van der Waals surface area contributed by atoms with E-state index in [1.165, 1.54) is 38.8 Å². The minimum Gasteiger partial charge on any atom is -0.312 e. The van der Waals surface area contributed by atoms with E-state index in [2.05, 4.69) is 58.7 Å². The molecule has 0 bridgehead atoms. The third kappa shape index (κ3) is 7.94. The molecule has 0 aliphatic rings. The Bertz CT molecular complexity index is 208. The van der Waals surface area contributed by atoms with Crippen LogP contribution in [-0.2, 0) is 0 Å². The quantitative estimate of drug-likeness (QED) is 0.636. The van der Waals surface area contributed by atoms with Gasteiger partial charge in [0.1, 0.15) is 0 Å². The number of nitrogens with zero attached hydrogens (tertiary/aromatic N) is 1. The van der Waals surface area contributed by atoms with Crippen LogP contribution in [0.4, 0.5) is 0 Å². The summed E-state index contributed by atoms with van der Waals surface area (Å²) in [7, 11) is 0. The second-order valence-corrected chi connectivity index (χ2v) is 6.98. The van der Waals surface area contributed by atoms with Crippen molar-refractivity contribution in [2.45, 2.75) is 86.2 Å². The van der Waals surface area contributed by atoms with E-state index in [1.807, 2.05) is 0 Å². The molecule has 0 fully saturated rings. The summed E-state index contributed by atoms with van der Waals surface area (Å²) in [6.45, 7) is 19.8. The van der Waals surface area contributed by atoms with E-state index in [9.17, 15) is 0 Å². The van der Waals surface area contributed by atoms with Gasteiger partial charge in [-0.05, 0) is 44.7 Å². The third-order valence-electron chi connectivity index (χ3n) is 4.12. The minimum atomic E-state index is 0.326. The zero-order valence-electron chi connectivity index (χ0n) is 14.6. The molecule has 0 heterocycles. The summed E-state index contributed by atoms with van der Waals surface area (Å²) in [5, 5.41) is 3.75. The predicted octanol–water partition coefficient (Wildman–Crippen LogP) is 4.30. The fourth-order valence-electron chi connectivity index (χ4n) is 2.31. The van der Waals surface area contributed by atoms with Crippen LogP contribution < -0.4 is 5.32 Å². The fourth-order valence-corrected chi connectivity index (χ4v) is 2.31. The van der Waals surface area contributed by atoms with Crippen LogP contribution in [0.2, 0.25) is 0 Å². The Hall–Kier alpha value is -0.0800. The minimum absolute atomic E-state index is 0.326.